The minimum atomic E-state index is -4.43. The zero-order valence-electron chi connectivity index (χ0n) is 9.42. The summed E-state index contributed by atoms with van der Waals surface area (Å²) in [5.74, 6) is -2.17. The molecule has 4 nitrogen and oxygen atoms in total. The molecule has 0 spiro atoms. The van der Waals surface area contributed by atoms with E-state index < -0.39 is 30.9 Å². The van der Waals surface area contributed by atoms with Crippen molar-refractivity contribution in [3.05, 3.63) is 28.2 Å². The minimum Gasteiger partial charge on any atom is -0.478 e. The molecular weight excluding hydrogens is 331 g/mol. The fourth-order valence-corrected chi connectivity index (χ4v) is 1.64. The van der Waals surface area contributed by atoms with Gasteiger partial charge in [0.25, 0.3) is 0 Å². The number of alkyl halides is 3. The Hall–Kier alpha value is -1.57. The topological polar surface area (TPSA) is 66.4 Å². The molecule has 1 amide bonds. The van der Waals surface area contributed by atoms with Crippen molar-refractivity contribution < 1.29 is 27.9 Å². The third-order valence-corrected chi connectivity index (χ3v) is 2.61. The summed E-state index contributed by atoms with van der Waals surface area (Å²) < 4.78 is 36.3. The summed E-state index contributed by atoms with van der Waals surface area (Å²) in [4.78, 5) is 22.2. The molecule has 0 bridgehead atoms. The second kappa shape index (κ2) is 6.05. The Morgan fingerprint density at radius 1 is 1.32 bits per heavy atom. The number of anilines is 1. The van der Waals surface area contributed by atoms with Crippen molar-refractivity contribution >= 4 is 33.5 Å². The predicted octanol–water partition coefficient (Wildman–Crippen LogP) is 3.43. The molecule has 1 aromatic rings. The van der Waals surface area contributed by atoms with Gasteiger partial charge in [0.2, 0.25) is 5.91 Å². The van der Waals surface area contributed by atoms with E-state index in [4.69, 9.17) is 5.11 Å². The molecule has 1 rings (SSSR count). The first-order valence-electron chi connectivity index (χ1n) is 5.08. The van der Waals surface area contributed by atoms with E-state index in [1.165, 1.54) is 18.2 Å². The highest BCUT2D eigenvalue weighted by Crippen LogP contribution is 2.24. The Balaban J connectivity index is 2.78. The SMILES string of the molecule is O=C(CCC(F)(F)F)Nc1cc(Br)ccc1C(=O)O. The molecule has 0 saturated heterocycles. The van der Waals surface area contributed by atoms with Crippen molar-refractivity contribution in [2.45, 2.75) is 19.0 Å². The fraction of sp³-hybridized carbons (Fsp3) is 0.273. The summed E-state index contributed by atoms with van der Waals surface area (Å²) in [6.45, 7) is 0. The van der Waals surface area contributed by atoms with Crippen molar-refractivity contribution in [3.8, 4) is 0 Å². The molecule has 2 N–H and O–H groups in total. The molecule has 1 aromatic carbocycles. The molecule has 0 radical (unpaired) electrons. The van der Waals surface area contributed by atoms with E-state index in [0.717, 1.165) is 0 Å². The van der Waals surface area contributed by atoms with E-state index >= 15 is 0 Å². The Labute approximate surface area is 114 Å². The number of aromatic carboxylic acids is 1. The Morgan fingerprint density at radius 2 is 1.95 bits per heavy atom. The summed E-state index contributed by atoms with van der Waals surface area (Å²) in [6.07, 6.45) is -6.44. The molecule has 0 aliphatic rings. The van der Waals surface area contributed by atoms with Gasteiger partial charge in [0.15, 0.2) is 0 Å². The molecule has 19 heavy (non-hydrogen) atoms. The molecule has 0 atom stereocenters. The maximum absolute atomic E-state index is 11.9. The average Bonchev–Trinajstić information content (AvgIpc) is 2.25. The lowest BCUT2D eigenvalue weighted by Crippen LogP contribution is -2.18. The second-order valence-corrected chi connectivity index (χ2v) is 4.57. The van der Waals surface area contributed by atoms with E-state index in [-0.39, 0.29) is 11.3 Å². The van der Waals surface area contributed by atoms with Crippen LogP contribution in [0.3, 0.4) is 0 Å². The van der Waals surface area contributed by atoms with Gasteiger partial charge in [-0.2, -0.15) is 13.2 Å². The van der Waals surface area contributed by atoms with Gasteiger partial charge in [-0.1, -0.05) is 15.9 Å². The largest absolute Gasteiger partial charge is 0.478 e. The van der Waals surface area contributed by atoms with Gasteiger partial charge in [0.05, 0.1) is 17.7 Å². The van der Waals surface area contributed by atoms with Gasteiger partial charge in [-0.25, -0.2) is 4.79 Å². The second-order valence-electron chi connectivity index (χ2n) is 3.66. The van der Waals surface area contributed by atoms with Crippen LogP contribution in [-0.2, 0) is 4.79 Å². The van der Waals surface area contributed by atoms with Gasteiger partial charge in [0.1, 0.15) is 0 Å². The summed E-state index contributed by atoms with van der Waals surface area (Å²) in [5.41, 5.74) is -0.238. The minimum absolute atomic E-state index is 0.0472. The molecule has 8 heteroatoms. The lowest BCUT2D eigenvalue weighted by Gasteiger charge is -2.10. The maximum Gasteiger partial charge on any atom is 0.389 e. The van der Waals surface area contributed by atoms with Crippen molar-refractivity contribution in [3.63, 3.8) is 0 Å². The highest BCUT2D eigenvalue weighted by molar-refractivity contribution is 9.10. The summed E-state index contributed by atoms with van der Waals surface area (Å²) in [5, 5.41) is 11.0. The van der Waals surface area contributed by atoms with Crippen LogP contribution in [0.2, 0.25) is 0 Å². The normalized spacial score (nSPS) is 11.2. The van der Waals surface area contributed by atoms with Gasteiger partial charge in [0, 0.05) is 10.9 Å². The Kier molecular flexibility index (Phi) is 4.93. The number of carbonyl (C=O) groups excluding carboxylic acids is 1. The number of carboxylic acid groups (broad SMARTS) is 1. The van der Waals surface area contributed by atoms with Crippen LogP contribution in [0.5, 0.6) is 0 Å². The van der Waals surface area contributed by atoms with Crippen molar-refractivity contribution in [2.75, 3.05) is 5.32 Å². The number of amides is 1. The van der Waals surface area contributed by atoms with Crippen molar-refractivity contribution in [1.82, 2.24) is 0 Å². The molecule has 0 aliphatic carbocycles. The fourth-order valence-electron chi connectivity index (χ4n) is 1.27. The van der Waals surface area contributed by atoms with Crippen LogP contribution >= 0.6 is 15.9 Å². The van der Waals surface area contributed by atoms with Crippen LogP contribution in [-0.4, -0.2) is 23.2 Å². The maximum atomic E-state index is 11.9. The standard InChI is InChI=1S/C11H9BrF3NO3/c12-6-1-2-7(10(18)19)8(5-6)16-9(17)3-4-11(13,14)15/h1-2,5H,3-4H2,(H,16,17)(H,18,19). The zero-order chi connectivity index (χ0) is 14.6. The number of hydrogen-bond acceptors (Lipinski definition) is 2. The van der Waals surface area contributed by atoms with E-state index in [1.807, 2.05) is 0 Å². The van der Waals surface area contributed by atoms with E-state index in [1.54, 1.807) is 0 Å². The Morgan fingerprint density at radius 3 is 2.47 bits per heavy atom. The summed E-state index contributed by atoms with van der Waals surface area (Å²) in [7, 11) is 0. The molecule has 0 unspecified atom stereocenters. The quantitative estimate of drug-likeness (QED) is 0.883. The van der Waals surface area contributed by atoms with Crippen LogP contribution in [0, 0.1) is 0 Å². The van der Waals surface area contributed by atoms with Crippen LogP contribution in [0.4, 0.5) is 18.9 Å². The average molecular weight is 340 g/mol. The number of rotatable bonds is 4. The molecule has 0 saturated carbocycles. The van der Waals surface area contributed by atoms with Crippen LogP contribution < -0.4 is 5.32 Å². The lowest BCUT2D eigenvalue weighted by molar-refractivity contribution is -0.142. The van der Waals surface area contributed by atoms with Crippen molar-refractivity contribution in [1.29, 1.82) is 0 Å². The number of halogens is 4. The first-order chi connectivity index (χ1) is 8.69. The third-order valence-electron chi connectivity index (χ3n) is 2.12. The van der Waals surface area contributed by atoms with Crippen LogP contribution in [0.15, 0.2) is 22.7 Å². The highest BCUT2D eigenvalue weighted by atomic mass is 79.9. The number of carboxylic acids is 1. The number of carbonyl (C=O) groups is 2. The van der Waals surface area contributed by atoms with Gasteiger partial charge < -0.3 is 10.4 Å². The molecule has 0 fully saturated rings. The van der Waals surface area contributed by atoms with Crippen LogP contribution in [0.1, 0.15) is 23.2 Å². The van der Waals surface area contributed by atoms with Crippen molar-refractivity contribution in [2.24, 2.45) is 0 Å². The summed E-state index contributed by atoms with van der Waals surface area (Å²) >= 11 is 3.08. The Bertz CT molecular complexity index is 502. The predicted molar refractivity (Wildman–Crippen MR) is 65.0 cm³/mol. The molecule has 0 aliphatic heterocycles. The number of hydrogen-bond donors (Lipinski definition) is 2. The molecule has 0 heterocycles. The smallest absolute Gasteiger partial charge is 0.389 e. The van der Waals surface area contributed by atoms with E-state index in [0.29, 0.717) is 4.47 Å². The number of benzene rings is 1. The van der Waals surface area contributed by atoms with Gasteiger partial charge >= 0.3 is 12.1 Å². The molecule has 104 valence electrons. The first-order valence-corrected chi connectivity index (χ1v) is 5.88. The first kappa shape index (κ1) is 15.5. The highest BCUT2D eigenvalue weighted by Gasteiger charge is 2.28. The number of nitrogens with one attached hydrogen (secondary N) is 1. The molecular formula is C11H9BrF3NO3. The zero-order valence-corrected chi connectivity index (χ0v) is 11.0. The van der Waals surface area contributed by atoms with Gasteiger partial charge in [-0.15, -0.1) is 0 Å². The van der Waals surface area contributed by atoms with Crippen LogP contribution in [0.25, 0.3) is 0 Å². The van der Waals surface area contributed by atoms with E-state index in [9.17, 15) is 22.8 Å². The monoisotopic (exact) mass is 339 g/mol. The summed E-state index contributed by atoms with van der Waals surface area (Å²) in [6, 6.07) is 4.01. The van der Waals surface area contributed by atoms with Gasteiger partial charge in [-0.05, 0) is 18.2 Å². The van der Waals surface area contributed by atoms with Gasteiger partial charge in [-0.3, -0.25) is 4.79 Å². The van der Waals surface area contributed by atoms with E-state index in [2.05, 4.69) is 21.2 Å². The lowest BCUT2D eigenvalue weighted by atomic mass is 10.1. The third kappa shape index (κ3) is 5.29. The molecule has 0 aromatic heterocycles.